The van der Waals surface area contributed by atoms with Gasteiger partial charge in [-0.2, -0.15) is 5.10 Å². The van der Waals surface area contributed by atoms with E-state index in [1.165, 1.54) is 0 Å². The zero-order valence-corrected chi connectivity index (χ0v) is 14.0. The van der Waals surface area contributed by atoms with Crippen LogP contribution in [0.3, 0.4) is 0 Å². The number of hydrogen-bond donors (Lipinski definition) is 3. The van der Waals surface area contributed by atoms with Crippen molar-refractivity contribution in [2.45, 2.75) is 20.5 Å². The van der Waals surface area contributed by atoms with Crippen LogP contribution in [0, 0.1) is 13.8 Å². The molecule has 0 saturated carbocycles. The lowest BCUT2D eigenvalue weighted by Crippen LogP contribution is -2.20. The van der Waals surface area contributed by atoms with Crippen molar-refractivity contribution < 1.29 is 9.53 Å². The Bertz CT molecular complexity index is 841. The van der Waals surface area contributed by atoms with Gasteiger partial charge in [0.2, 0.25) is 5.88 Å². The van der Waals surface area contributed by atoms with Crippen molar-refractivity contribution in [3.05, 3.63) is 65.6 Å². The number of rotatable bonds is 5. The summed E-state index contributed by atoms with van der Waals surface area (Å²) in [5.41, 5.74) is 3.84. The summed E-state index contributed by atoms with van der Waals surface area (Å²) in [7, 11) is 0. The number of nitrogens with zero attached hydrogens (tertiary/aromatic N) is 2. The number of aryl methyl sites for hydroxylation is 2. The number of ether oxygens (including phenoxy) is 1. The van der Waals surface area contributed by atoms with Gasteiger partial charge in [-0.25, -0.2) is 9.78 Å². The number of aromatic amines is 1. The summed E-state index contributed by atoms with van der Waals surface area (Å²) < 4.78 is 5.66. The summed E-state index contributed by atoms with van der Waals surface area (Å²) in [6.07, 6.45) is 1.59. The average molecular weight is 337 g/mol. The van der Waals surface area contributed by atoms with Crippen molar-refractivity contribution in [3.8, 4) is 5.88 Å². The largest absolute Gasteiger partial charge is 0.473 e. The van der Waals surface area contributed by atoms with Crippen LogP contribution in [0.15, 0.2) is 48.7 Å². The van der Waals surface area contributed by atoms with E-state index in [0.29, 0.717) is 23.9 Å². The van der Waals surface area contributed by atoms with Crippen LogP contribution < -0.4 is 15.4 Å². The summed E-state index contributed by atoms with van der Waals surface area (Å²) >= 11 is 0. The van der Waals surface area contributed by atoms with Crippen LogP contribution in [0.25, 0.3) is 0 Å². The number of pyridine rings is 1. The number of H-pyrrole nitrogens is 1. The van der Waals surface area contributed by atoms with E-state index < -0.39 is 0 Å². The number of hydrogen-bond acceptors (Lipinski definition) is 4. The summed E-state index contributed by atoms with van der Waals surface area (Å²) in [5.74, 6) is 0.442. The molecule has 0 atom stereocenters. The van der Waals surface area contributed by atoms with Gasteiger partial charge in [-0.15, -0.1) is 0 Å². The summed E-state index contributed by atoms with van der Waals surface area (Å²) in [4.78, 5) is 16.3. The molecule has 1 aromatic carbocycles. The van der Waals surface area contributed by atoms with Gasteiger partial charge in [0.1, 0.15) is 6.61 Å². The topological polar surface area (TPSA) is 91.9 Å². The third kappa shape index (κ3) is 4.35. The predicted molar refractivity (Wildman–Crippen MR) is 95.7 cm³/mol. The Morgan fingerprint density at radius 2 is 1.96 bits per heavy atom. The number of benzene rings is 1. The molecule has 25 heavy (non-hydrogen) atoms. The molecule has 0 spiro atoms. The number of anilines is 2. The summed E-state index contributed by atoms with van der Waals surface area (Å²) in [6, 6.07) is 12.8. The third-order valence-electron chi connectivity index (χ3n) is 3.59. The van der Waals surface area contributed by atoms with E-state index in [0.717, 1.165) is 17.0 Å². The molecule has 128 valence electrons. The normalized spacial score (nSPS) is 10.3. The van der Waals surface area contributed by atoms with Crippen molar-refractivity contribution in [3.63, 3.8) is 0 Å². The quantitative estimate of drug-likeness (QED) is 0.663. The van der Waals surface area contributed by atoms with Gasteiger partial charge in [0.15, 0.2) is 0 Å². The molecular weight excluding hydrogens is 318 g/mol. The lowest BCUT2D eigenvalue weighted by Gasteiger charge is -2.09. The van der Waals surface area contributed by atoms with Gasteiger partial charge in [-0.1, -0.05) is 30.3 Å². The molecule has 3 rings (SSSR count). The molecule has 7 nitrogen and oxygen atoms in total. The average Bonchev–Trinajstić information content (AvgIpc) is 2.93. The molecule has 0 radical (unpaired) electrons. The third-order valence-corrected chi connectivity index (χ3v) is 3.59. The minimum atomic E-state index is -0.354. The fourth-order valence-electron chi connectivity index (χ4n) is 2.31. The molecule has 3 aromatic rings. The van der Waals surface area contributed by atoms with Crippen LogP contribution >= 0.6 is 0 Å². The molecule has 2 amide bonds. The Morgan fingerprint density at radius 3 is 2.68 bits per heavy atom. The highest BCUT2D eigenvalue weighted by Crippen LogP contribution is 2.18. The van der Waals surface area contributed by atoms with Gasteiger partial charge in [-0.05, 0) is 25.5 Å². The first-order chi connectivity index (χ1) is 12.1. The smallest absolute Gasteiger partial charge is 0.323 e. The van der Waals surface area contributed by atoms with Crippen LogP contribution in [0.5, 0.6) is 5.88 Å². The molecule has 2 aromatic heterocycles. The van der Waals surface area contributed by atoms with Crippen LogP contribution in [0.2, 0.25) is 0 Å². The second-order valence-electron chi connectivity index (χ2n) is 5.55. The molecular formula is C18H19N5O2. The van der Waals surface area contributed by atoms with Gasteiger partial charge >= 0.3 is 6.03 Å². The number of nitrogens with one attached hydrogen (secondary N) is 3. The highest BCUT2D eigenvalue weighted by molar-refractivity contribution is 6.00. The lowest BCUT2D eigenvalue weighted by molar-refractivity contribution is 0.262. The maximum atomic E-state index is 12.1. The summed E-state index contributed by atoms with van der Waals surface area (Å²) in [6.45, 7) is 4.08. The Labute approximate surface area is 145 Å². The standard InChI is InChI=1S/C18H19N5O2/c1-12-17(13(2)23-22-12)21-18(24)20-15-8-9-19-16(10-15)25-11-14-6-4-3-5-7-14/h3-10H,11H2,1-2H3,(H,22,23)(H2,19,20,21,24). The molecule has 0 aliphatic heterocycles. The molecule has 0 aliphatic carbocycles. The number of carbonyl (C=O) groups is 1. The number of aromatic nitrogens is 3. The molecule has 0 unspecified atom stereocenters. The summed E-state index contributed by atoms with van der Waals surface area (Å²) in [5, 5.41) is 12.4. The molecule has 0 bridgehead atoms. The van der Waals surface area contributed by atoms with Crippen molar-refractivity contribution in [1.82, 2.24) is 15.2 Å². The van der Waals surface area contributed by atoms with Gasteiger partial charge < -0.3 is 15.4 Å². The highest BCUT2D eigenvalue weighted by atomic mass is 16.5. The molecule has 0 saturated heterocycles. The fourth-order valence-corrected chi connectivity index (χ4v) is 2.31. The number of carbonyl (C=O) groups excluding carboxylic acids is 1. The second kappa shape index (κ2) is 7.48. The van der Waals surface area contributed by atoms with Crippen molar-refractivity contribution >= 4 is 17.4 Å². The van der Waals surface area contributed by atoms with Crippen LogP contribution in [-0.2, 0) is 6.61 Å². The van der Waals surface area contributed by atoms with Crippen LogP contribution in [-0.4, -0.2) is 21.2 Å². The maximum absolute atomic E-state index is 12.1. The van der Waals surface area contributed by atoms with Gasteiger partial charge in [0.05, 0.1) is 17.1 Å². The van der Waals surface area contributed by atoms with E-state index in [2.05, 4.69) is 25.8 Å². The molecule has 2 heterocycles. The molecule has 0 fully saturated rings. The first kappa shape index (κ1) is 16.5. The fraction of sp³-hybridized carbons (Fsp3) is 0.167. The van der Waals surface area contributed by atoms with E-state index in [1.807, 2.05) is 44.2 Å². The second-order valence-corrected chi connectivity index (χ2v) is 5.55. The van der Waals surface area contributed by atoms with Crippen LogP contribution in [0.1, 0.15) is 17.0 Å². The predicted octanol–water partition coefficient (Wildman–Crippen LogP) is 3.64. The Morgan fingerprint density at radius 1 is 1.16 bits per heavy atom. The van der Waals surface area contributed by atoms with E-state index in [9.17, 15) is 4.79 Å². The van der Waals surface area contributed by atoms with Crippen molar-refractivity contribution in [1.29, 1.82) is 0 Å². The van der Waals surface area contributed by atoms with Crippen molar-refractivity contribution in [2.75, 3.05) is 10.6 Å². The highest BCUT2D eigenvalue weighted by Gasteiger charge is 2.10. The van der Waals surface area contributed by atoms with Crippen molar-refractivity contribution in [2.24, 2.45) is 0 Å². The maximum Gasteiger partial charge on any atom is 0.323 e. The lowest BCUT2D eigenvalue weighted by atomic mass is 10.2. The first-order valence-electron chi connectivity index (χ1n) is 7.84. The van der Waals surface area contributed by atoms with E-state index in [1.54, 1.807) is 18.3 Å². The molecule has 7 heteroatoms. The monoisotopic (exact) mass is 337 g/mol. The zero-order valence-electron chi connectivity index (χ0n) is 14.0. The number of urea groups is 1. The minimum Gasteiger partial charge on any atom is -0.473 e. The Hall–Kier alpha value is -3.35. The molecule has 3 N–H and O–H groups in total. The number of amides is 2. The SMILES string of the molecule is Cc1n[nH]c(C)c1NC(=O)Nc1ccnc(OCc2ccccc2)c1. The van der Waals surface area contributed by atoms with Gasteiger partial charge in [0.25, 0.3) is 0 Å². The Kier molecular flexibility index (Phi) is 4.94. The van der Waals surface area contributed by atoms with Gasteiger partial charge in [-0.3, -0.25) is 5.10 Å². The van der Waals surface area contributed by atoms with E-state index >= 15 is 0 Å². The first-order valence-corrected chi connectivity index (χ1v) is 7.84. The van der Waals surface area contributed by atoms with Gasteiger partial charge in [0, 0.05) is 18.0 Å². The molecule has 0 aliphatic rings. The Balaban J connectivity index is 1.60. The van der Waals surface area contributed by atoms with Crippen LogP contribution in [0.4, 0.5) is 16.2 Å². The van der Waals surface area contributed by atoms with E-state index in [-0.39, 0.29) is 6.03 Å². The zero-order chi connectivity index (χ0) is 17.6. The minimum absolute atomic E-state index is 0.354. The van der Waals surface area contributed by atoms with E-state index in [4.69, 9.17) is 4.74 Å².